The van der Waals surface area contributed by atoms with Crippen LogP contribution >= 0.6 is 0 Å². The lowest BCUT2D eigenvalue weighted by Crippen LogP contribution is -2.32. The van der Waals surface area contributed by atoms with Crippen molar-refractivity contribution in [2.24, 2.45) is 11.7 Å². The molecule has 0 aliphatic rings. The van der Waals surface area contributed by atoms with Gasteiger partial charge in [0.2, 0.25) is 0 Å². The maximum atomic E-state index is 11.1. The third-order valence-corrected chi connectivity index (χ3v) is 2.51. The fourth-order valence-electron chi connectivity index (χ4n) is 1.59. The van der Waals surface area contributed by atoms with E-state index in [-0.39, 0.29) is 18.1 Å². The Hall–Kier alpha value is -0.940. The lowest BCUT2D eigenvalue weighted by Gasteiger charge is -2.17. The van der Waals surface area contributed by atoms with E-state index < -0.39 is 18.1 Å². The second-order valence-electron chi connectivity index (χ2n) is 4.27. The van der Waals surface area contributed by atoms with Crippen molar-refractivity contribution < 1.29 is 19.8 Å². The van der Waals surface area contributed by atoms with Gasteiger partial charge in [-0.15, -0.1) is 0 Å². The van der Waals surface area contributed by atoms with Crippen LogP contribution in [0, 0.1) is 5.92 Å². The van der Waals surface area contributed by atoms with Gasteiger partial charge in [0, 0.05) is 12.8 Å². The summed E-state index contributed by atoms with van der Waals surface area (Å²) in [7, 11) is 0. The van der Waals surface area contributed by atoms with Crippen LogP contribution < -0.4 is 5.73 Å². The van der Waals surface area contributed by atoms with Gasteiger partial charge in [0.05, 0.1) is 6.10 Å². The maximum absolute atomic E-state index is 11.1. The van der Waals surface area contributed by atoms with Crippen LogP contribution in [0.2, 0.25) is 0 Å². The molecule has 0 bridgehead atoms. The lowest BCUT2D eigenvalue weighted by molar-refractivity contribution is -0.139. The Morgan fingerprint density at radius 2 is 1.88 bits per heavy atom. The fraction of sp³-hybridized carbons (Fsp3) is 0.818. The number of aliphatic hydroxyl groups is 1. The van der Waals surface area contributed by atoms with E-state index in [0.717, 1.165) is 0 Å². The summed E-state index contributed by atoms with van der Waals surface area (Å²) >= 11 is 0. The maximum Gasteiger partial charge on any atom is 0.320 e. The zero-order valence-electron chi connectivity index (χ0n) is 9.85. The van der Waals surface area contributed by atoms with Crippen LogP contribution in [0.4, 0.5) is 0 Å². The molecule has 5 nitrogen and oxygen atoms in total. The molecule has 0 saturated heterocycles. The Balaban J connectivity index is 3.90. The summed E-state index contributed by atoms with van der Waals surface area (Å²) in [5.74, 6) is -1.03. The Labute approximate surface area is 95.6 Å². The normalized spacial score (nSPS) is 16.5. The van der Waals surface area contributed by atoms with E-state index >= 15 is 0 Å². The highest BCUT2D eigenvalue weighted by Crippen LogP contribution is 2.14. The molecule has 0 aromatic carbocycles. The molecule has 0 aliphatic carbocycles. The van der Waals surface area contributed by atoms with Crippen LogP contribution in [-0.2, 0) is 9.59 Å². The van der Waals surface area contributed by atoms with Crippen molar-refractivity contribution in [2.75, 3.05) is 0 Å². The summed E-state index contributed by atoms with van der Waals surface area (Å²) in [4.78, 5) is 21.6. The quantitative estimate of drug-likeness (QED) is 0.566. The summed E-state index contributed by atoms with van der Waals surface area (Å²) in [6.45, 7) is 3.57. The predicted molar refractivity (Wildman–Crippen MR) is 59.9 cm³/mol. The molecule has 0 fully saturated rings. The second kappa shape index (κ2) is 7.35. The van der Waals surface area contributed by atoms with Gasteiger partial charge in [-0.3, -0.25) is 9.59 Å². The molecule has 0 amide bonds. The zero-order valence-corrected chi connectivity index (χ0v) is 9.85. The lowest BCUT2D eigenvalue weighted by atomic mass is 9.94. The number of nitrogens with two attached hydrogens (primary N) is 1. The van der Waals surface area contributed by atoms with E-state index in [1.54, 1.807) is 6.92 Å². The molecular formula is C11H21NO4. The highest BCUT2D eigenvalue weighted by atomic mass is 16.4. The third kappa shape index (κ3) is 6.53. The predicted octanol–water partition coefficient (Wildman–Crippen LogP) is 0.545. The molecule has 0 radical (unpaired) electrons. The molecular weight excluding hydrogens is 210 g/mol. The fourth-order valence-corrected chi connectivity index (χ4v) is 1.59. The summed E-state index contributed by atoms with van der Waals surface area (Å²) in [5.41, 5.74) is 5.37. The minimum absolute atomic E-state index is 0.00856. The van der Waals surface area contributed by atoms with Gasteiger partial charge in [0.1, 0.15) is 11.8 Å². The first kappa shape index (κ1) is 15.1. The van der Waals surface area contributed by atoms with Gasteiger partial charge < -0.3 is 15.9 Å². The molecule has 3 atom stereocenters. The Kier molecular flexibility index (Phi) is 6.92. The smallest absolute Gasteiger partial charge is 0.320 e. The minimum Gasteiger partial charge on any atom is -0.480 e. The molecule has 0 heterocycles. The third-order valence-electron chi connectivity index (χ3n) is 2.51. The van der Waals surface area contributed by atoms with E-state index in [1.807, 2.05) is 6.92 Å². The van der Waals surface area contributed by atoms with Gasteiger partial charge in [0.25, 0.3) is 0 Å². The number of hydrogen-bond donors (Lipinski definition) is 3. The highest BCUT2D eigenvalue weighted by Gasteiger charge is 2.19. The van der Waals surface area contributed by atoms with Crippen LogP contribution in [-0.4, -0.2) is 34.1 Å². The van der Waals surface area contributed by atoms with E-state index in [1.165, 1.54) is 0 Å². The van der Waals surface area contributed by atoms with Gasteiger partial charge in [-0.2, -0.15) is 0 Å². The SMILES string of the molecule is CCC(=O)CC(O)CC(C)CC(N)C(=O)O. The Bertz CT molecular complexity index is 242. The number of carboxylic acid groups (broad SMARTS) is 1. The number of rotatable bonds is 8. The number of hydrogen-bond acceptors (Lipinski definition) is 4. The molecule has 0 aliphatic heterocycles. The molecule has 0 aromatic heterocycles. The highest BCUT2D eigenvalue weighted by molar-refractivity contribution is 5.78. The van der Waals surface area contributed by atoms with Crippen molar-refractivity contribution in [1.29, 1.82) is 0 Å². The minimum atomic E-state index is -1.04. The summed E-state index contributed by atoms with van der Waals surface area (Å²) in [6.07, 6.45) is 0.589. The van der Waals surface area contributed by atoms with Gasteiger partial charge >= 0.3 is 5.97 Å². The Morgan fingerprint density at radius 1 is 1.31 bits per heavy atom. The molecule has 0 spiro atoms. The van der Waals surface area contributed by atoms with Crippen molar-refractivity contribution in [3.63, 3.8) is 0 Å². The first-order chi connectivity index (χ1) is 7.36. The van der Waals surface area contributed by atoms with Crippen LogP contribution in [0.15, 0.2) is 0 Å². The van der Waals surface area contributed by atoms with Gasteiger partial charge in [-0.05, 0) is 18.8 Å². The second-order valence-corrected chi connectivity index (χ2v) is 4.27. The molecule has 5 heteroatoms. The number of ketones is 1. The monoisotopic (exact) mass is 231 g/mol. The van der Waals surface area contributed by atoms with Crippen molar-refractivity contribution in [2.45, 2.75) is 51.7 Å². The molecule has 0 rings (SSSR count). The van der Waals surface area contributed by atoms with Crippen molar-refractivity contribution in [3.8, 4) is 0 Å². The number of carboxylic acids is 1. The molecule has 16 heavy (non-hydrogen) atoms. The summed E-state index contributed by atoms with van der Waals surface area (Å²) in [6, 6.07) is -0.899. The van der Waals surface area contributed by atoms with Crippen LogP contribution in [0.25, 0.3) is 0 Å². The van der Waals surface area contributed by atoms with E-state index in [9.17, 15) is 14.7 Å². The molecule has 0 saturated carbocycles. The van der Waals surface area contributed by atoms with Crippen LogP contribution in [0.3, 0.4) is 0 Å². The van der Waals surface area contributed by atoms with Crippen LogP contribution in [0.1, 0.15) is 39.5 Å². The largest absolute Gasteiger partial charge is 0.480 e. The number of Topliss-reactive ketones (excluding diaryl/α,β-unsaturated/α-hetero) is 1. The number of carbonyl (C=O) groups excluding carboxylic acids is 1. The standard InChI is InChI=1S/C11H21NO4/c1-3-8(13)6-9(14)4-7(2)5-10(12)11(15)16/h7,9-10,14H,3-6,12H2,1-2H3,(H,15,16). The van der Waals surface area contributed by atoms with Crippen molar-refractivity contribution >= 4 is 11.8 Å². The van der Waals surface area contributed by atoms with E-state index in [0.29, 0.717) is 19.3 Å². The van der Waals surface area contributed by atoms with Gasteiger partial charge in [-0.25, -0.2) is 0 Å². The molecule has 4 N–H and O–H groups in total. The molecule has 94 valence electrons. The zero-order chi connectivity index (χ0) is 12.7. The molecule has 0 aromatic rings. The Morgan fingerprint density at radius 3 is 2.31 bits per heavy atom. The van der Waals surface area contributed by atoms with E-state index in [4.69, 9.17) is 10.8 Å². The average molecular weight is 231 g/mol. The summed E-state index contributed by atoms with van der Waals surface area (Å²) in [5, 5.41) is 18.2. The first-order valence-electron chi connectivity index (χ1n) is 5.54. The van der Waals surface area contributed by atoms with E-state index in [2.05, 4.69) is 0 Å². The molecule has 3 unspecified atom stereocenters. The first-order valence-corrected chi connectivity index (χ1v) is 5.54. The van der Waals surface area contributed by atoms with Gasteiger partial charge in [-0.1, -0.05) is 13.8 Å². The number of aliphatic hydroxyl groups excluding tert-OH is 1. The van der Waals surface area contributed by atoms with Crippen molar-refractivity contribution in [3.05, 3.63) is 0 Å². The number of carbonyl (C=O) groups is 2. The van der Waals surface area contributed by atoms with Crippen LogP contribution in [0.5, 0.6) is 0 Å². The topological polar surface area (TPSA) is 101 Å². The average Bonchev–Trinajstić information content (AvgIpc) is 2.16. The number of aliphatic carboxylic acids is 1. The van der Waals surface area contributed by atoms with Crippen molar-refractivity contribution in [1.82, 2.24) is 0 Å². The summed E-state index contributed by atoms with van der Waals surface area (Å²) < 4.78 is 0. The van der Waals surface area contributed by atoms with Gasteiger partial charge in [0.15, 0.2) is 0 Å².